The van der Waals surface area contributed by atoms with E-state index in [1.807, 2.05) is 24.3 Å². The quantitative estimate of drug-likeness (QED) is 0.710. The third-order valence-electron chi connectivity index (χ3n) is 2.66. The van der Waals surface area contributed by atoms with Gasteiger partial charge in [0.25, 0.3) is 0 Å². The molecule has 4 heteroatoms. The molecule has 1 unspecified atom stereocenters. The highest BCUT2D eigenvalue weighted by atomic mass is 15.0. The number of nitrogens with zero attached hydrogens (tertiary/aromatic N) is 1. The molecule has 0 aliphatic carbocycles. The van der Waals surface area contributed by atoms with Crippen LogP contribution in [0.5, 0.6) is 0 Å². The monoisotopic (exact) mass is 218 g/mol. The molecule has 1 heterocycles. The van der Waals surface area contributed by atoms with Gasteiger partial charge < -0.3 is 16.0 Å². The lowest BCUT2D eigenvalue weighted by Crippen LogP contribution is -2.32. The number of rotatable bonds is 5. The summed E-state index contributed by atoms with van der Waals surface area (Å²) < 4.78 is 0. The zero-order chi connectivity index (χ0) is 11.4. The molecular weight excluding hydrogens is 200 g/mol. The van der Waals surface area contributed by atoms with Crippen molar-refractivity contribution in [3.05, 3.63) is 30.1 Å². The minimum Gasteiger partial charge on any atom is -0.341 e. The maximum atomic E-state index is 5.82. The van der Waals surface area contributed by atoms with Crippen molar-refractivity contribution in [1.82, 2.24) is 15.3 Å². The topological polar surface area (TPSA) is 66.7 Å². The molecule has 0 aliphatic rings. The first-order valence-corrected chi connectivity index (χ1v) is 5.69. The third-order valence-corrected chi connectivity index (χ3v) is 2.66. The van der Waals surface area contributed by atoms with Gasteiger partial charge in [-0.25, -0.2) is 4.98 Å². The van der Waals surface area contributed by atoms with Crippen molar-refractivity contribution >= 4 is 11.0 Å². The summed E-state index contributed by atoms with van der Waals surface area (Å²) in [5.74, 6) is 0.963. The van der Waals surface area contributed by atoms with Crippen LogP contribution in [-0.4, -0.2) is 22.6 Å². The van der Waals surface area contributed by atoms with E-state index in [4.69, 9.17) is 5.73 Å². The first kappa shape index (κ1) is 11.1. The second-order valence-electron chi connectivity index (χ2n) is 4.00. The number of hydrogen-bond acceptors (Lipinski definition) is 3. The van der Waals surface area contributed by atoms with Gasteiger partial charge in [-0.1, -0.05) is 19.1 Å². The molecular formula is C12H18N4. The fourth-order valence-corrected chi connectivity index (χ4v) is 1.61. The highest BCUT2D eigenvalue weighted by Crippen LogP contribution is 2.09. The van der Waals surface area contributed by atoms with E-state index in [2.05, 4.69) is 22.2 Å². The molecule has 86 valence electrons. The van der Waals surface area contributed by atoms with Crippen molar-refractivity contribution in [3.8, 4) is 0 Å². The van der Waals surface area contributed by atoms with E-state index in [0.29, 0.717) is 0 Å². The average Bonchev–Trinajstić information content (AvgIpc) is 2.71. The Bertz CT molecular complexity index is 416. The highest BCUT2D eigenvalue weighted by Gasteiger charge is 2.02. The first-order chi connectivity index (χ1) is 7.79. The Hall–Kier alpha value is -1.39. The Labute approximate surface area is 95.3 Å². The summed E-state index contributed by atoms with van der Waals surface area (Å²) in [7, 11) is 0. The van der Waals surface area contributed by atoms with E-state index < -0.39 is 0 Å². The van der Waals surface area contributed by atoms with Gasteiger partial charge >= 0.3 is 0 Å². The van der Waals surface area contributed by atoms with E-state index in [1.54, 1.807) is 0 Å². The van der Waals surface area contributed by atoms with E-state index in [0.717, 1.165) is 36.4 Å². The van der Waals surface area contributed by atoms with Crippen LogP contribution in [0.4, 0.5) is 0 Å². The van der Waals surface area contributed by atoms with Gasteiger partial charge in [-0.3, -0.25) is 0 Å². The van der Waals surface area contributed by atoms with Crippen molar-refractivity contribution in [2.45, 2.75) is 25.9 Å². The Morgan fingerprint density at radius 2 is 2.25 bits per heavy atom. The fraction of sp³-hybridized carbons (Fsp3) is 0.417. The Balaban J connectivity index is 1.94. The number of benzene rings is 1. The maximum Gasteiger partial charge on any atom is 0.121 e. The van der Waals surface area contributed by atoms with Crippen LogP contribution in [0.25, 0.3) is 11.0 Å². The van der Waals surface area contributed by atoms with Crippen LogP contribution >= 0.6 is 0 Å². The number of nitrogens with two attached hydrogens (primary N) is 1. The molecule has 4 nitrogen and oxygen atoms in total. The average molecular weight is 218 g/mol. The Kier molecular flexibility index (Phi) is 3.54. The summed E-state index contributed by atoms with van der Waals surface area (Å²) in [6, 6.07) is 8.26. The molecule has 0 fully saturated rings. The molecule has 2 aromatic rings. The van der Waals surface area contributed by atoms with Crippen molar-refractivity contribution in [1.29, 1.82) is 0 Å². The highest BCUT2D eigenvalue weighted by molar-refractivity contribution is 5.74. The SMILES string of the molecule is CCC(N)CNCc1nc2ccccc2[nH]1. The van der Waals surface area contributed by atoms with Gasteiger partial charge in [0, 0.05) is 12.6 Å². The zero-order valence-electron chi connectivity index (χ0n) is 9.53. The van der Waals surface area contributed by atoms with Gasteiger partial charge in [-0.05, 0) is 18.6 Å². The number of aromatic nitrogens is 2. The molecule has 1 aromatic heterocycles. The zero-order valence-corrected chi connectivity index (χ0v) is 9.53. The van der Waals surface area contributed by atoms with Gasteiger partial charge in [-0.2, -0.15) is 0 Å². The van der Waals surface area contributed by atoms with Crippen LogP contribution in [0.15, 0.2) is 24.3 Å². The number of aromatic amines is 1. The minimum atomic E-state index is 0.226. The molecule has 0 saturated carbocycles. The Morgan fingerprint density at radius 3 is 3.00 bits per heavy atom. The molecule has 0 radical (unpaired) electrons. The number of fused-ring (bicyclic) bond motifs is 1. The molecule has 0 amide bonds. The van der Waals surface area contributed by atoms with Crippen LogP contribution in [0.3, 0.4) is 0 Å². The van der Waals surface area contributed by atoms with Crippen molar-refractivity contribution in [2.24, 2.45) is 5.73 Å². The summed E-state index contributed by atoms with van der Waals surface area (Å²) in [5.41, 5.74) is 7.91. The number of H-pyrrole nitrogens is 1. The molecule has 0 spiro atoms. The van der Waals surface area contributed by atoms with Gasteiger partial charge in [-0.15, -0.1) is 0 Å². The summed E-state index contributed by atoms with van der Waals surface area (Å²) >= 11 is 0. The lowest BCUT2D eigenvalue weighted by atomic mass is 10.2. The molecule has 0 bridgehead atoms. The molecule has 1 atom stereocenters. The van der Waals surface area contributed by atoms with Gasteiger partial charge in [0.05, 0.1) is 17.6 Å². The van der Waals surface area contributed by atoms with E-state index >= 15 is 0 Å². The van der Waals surface area contributed by atoms with Crippen molar-refractivity contribution in [2.75, 3.05) is 6.54 Å². The predicted octanol–water partition coefficient (Wildman–Crippen LogP) is 1.39. The van der Waals surface area contributed by atoms with Crippen LogP contribution in [0, 0.1) is 0 Å². The minimum absolute atomic E-state index is 0.226. The lowest BCUT2D eigenvalue weighted by molar-refractivity contribution is 0.556. The fourth-order valence-electron chi connectivity index (χ4n) is 1.61. The summed E-state index contributed by atoms with van der Waals surface area (Å²) in [6.07, 6.45) is 0.993. The molecule has 0 saturated heterocycles. The number of nitrogens with one attached hydrogen (secondary N) is 2. The van der Waals surface area contributed by atoms with E-state index in [1.165, 1.54) is 0 Å². The Morgan fingerprint density at radius 1 is 1.44 bits per heavy atom. The van der Waals surface area contributed by atoms with Crippen LogP contribution in [0.2, 0.25) is 0 Å². The largest absolute Gasteiger partial charge is 0.341 e. The number of para-hydroxylation sites is 2. The van der Waals surface area contributed by atoms with E-state index in [9.17, 15) is 0 Å². The second-order valence-corrected chi connectivity index (χ2v) is 4.00. The number of imidazole rings is 1. The summed E-state index contributed by atoms with van der Waals surface area (Å²) in [4.78, 5) is 7.75. The molecule has 4 N–H and O–H groups in total. The predicted molar refractivity (Wildman–Crippen MR) is 66.1 cm³/mol. The standard InChI is InChI=1S/C12H18N4/c1-2-9(13)7-14-8-12-15-10-5-3-4-6-11(10)16-12/h3-6,9,14H,2,7-8,13H2,1H3,(H,15,16). The normalized spacial score (nSPS) is 13.1. The van der Waals surface area contributed by atoms with Crippen molar-refractivity contribution < 1.29 is 0 Å². The van der Waals surface area contributed by atoms with Crippen LogP contribution in [0.1, 0.15) is 19.2 Å². The smallest absolute Gasteiger partial charge is 0.121 e. The molecule has 1 aromatic carbocycles. The second kappa shape index (κ2) is 5.09. The van der Waals surface area contributed by atoms with Crippen LogP contribution in [-0.2, 0) is 6.54 Å². The summed E-state index contributed by atoms with van der Waals surface area (Å²) in [6.45, 7) is 3.66. The van der Waals surface area contributed by atoms with E-state index in [-0.39, 0.29) is 6.04 Å². The van der Waals surface area contributed by atoms with Gasteiger partial charge in [0.15, 0.2) is 0 Å². The third kappa shape index (κ3) is 2.59. The van der Waals surface area contributed by atoms with Crippen molar-refractivity contribution in [3.63, 3.8) is 0 Å². The molecule has 16 heavy (non-hydrogen) atoms. The molecule has 2 rings (SSSR count). The first-order valence-electron chi connectivity index (χ1n) is 5.69. The maximum absolute atomic E-state index is 5.82. The lowest BCUT2D eigenvalue weighted by Gasteiger charge is -2.08. The van der Waals surface area contributed by atoms with Crippen LogP contribution < -0.4 is 11.1 Å². The summed E-state index contributed by atoms with van der Waals surface area (Å²) in [5, 5.41) is 3.29. The van der Waals surface area contributed by atoms with Gasteiger partial charge in [0.1, 0.15) is 5.82 Å². The van der Waals surface area contributed by atoms with Gasteiger partial charge in [0.2, 0.25) is 0 Å². The molecule has 0 aliphatic heterocycles. The number of hydrogen-bond donors (Lipinski definition) is 3.